The molecule has 20 heavy (non-hydrogen) atoms. The molecule has 108 valence electrons. The average molecular weight is 277 g/mol. The van der Waals surface area contributed by atoms with Gasteiger partial charge in [0.25, 0.3) is 0 Å². The Morgan fingerprint density at radius 2 is 2.20 bits per heavy atom. The Bertz CT molecular complexity index is 554. The molecule has 0 unspecified atom stereocenters. The quantitative estimate of drug-likeness (QED) is 0.791. The van der Waals surface area contributed by atoms with E-state index in [0.29, 0.717) is 6.54 Å². The first-order valence-electron chi connectivity index (χ1n) is 6.78. The number of hydrogen-bond acceptors (Lipinski definition) is 3. The van der Waals surface area contributed by atoms with E-state index < -0.39 is 0 Å². The fourth-order valence-electron chi connectivity index (χ4n) is 1.97. The van der Waals surface area contributed by atoms with E-state index in [9.17, 15) is 4.39 Å². The lowest BCUT2D eigenvalue weighted by atomic mass is 10.2. The smallest absolute Gasteiger partial charge is 0.165 e. The monoisotopic (exact) mass is 277 g/mol. The summed E-state index contributed by atoms with van der Waals surface area (Å²) in [6.45, 7) is 4.42. The normalized spacial score (nSPS) is 10.8. The van der Waals surface area contributed by atoms with Crippen molar-refractivity contribution in [3.05, 3.63) is 47.5 Å². The molecule has 0 aliphatic heterocycles. The maximum Gasteiger partial charge on any atom is 0.165 e. The highest BCUT2D eigenvalue weighted by Crippen LogP contribution is 2.18. The molecular weight excluding hydrogens is 257 g/mol. The summed E-state index contributed by atoms with van der Waals surface area (Å²) >= 11 is 0. The minimum atomic E-state index is -0.345. The number of rotatable bonds is 7. The minimum Gasteiger partial charge on any atom is -0.494 e. The van der Waals surface area contributed by atoms with Crippen molar-refractivity contribution in [2.24, 2.45) is 0 Å². The Balaban J connectivity index is 1.97. The van der Waals surface area contributed by atoms with Gasteiger partial charge in [-0.2, -0.15) is 5.10 Å². The van der Waals surface area contributed by atoms with Gasteiger partial charge in [-0.3, -0.25) is 4.68 Å². The predicted molar refractivity (Wildman–Crippen MR) is 76.3 cm³/mol. The number of aromatic nitrogens is 2. The van der Waals surface area contributed by atoms with E-state index in [1.165, 1.54) is 13.2 Å². The van der Waals surface area contributed by atoms with E-state index >= 15 is 0 Å². The Kier molecular flexibility index (Phi) is 5.12. The highest BCUT2D eigenvalue weighted by atomic mass is 19.1. The number of hydrogen-bond donors (Lipinski definition) is 1. The molecule has 2 rings (SSSR count). The minimum absolute atomic E-state index is 0.263. The van der Waals surface area contributed by atoms with Gasteiger partial charge < -0.3 is 10.1 Å². The van der Waals surface area contributed by atoms with Crippen LogP contribution in [0.5, 0.6) is 5.75 Å². The maximum absolute atomic E-state index is 13.6. The molecule has 0 bridgehead atoms. The summed E-state index contributed by atoms with van der Waals surface area (Å²) in [6, 6.07) is 6.94. The van der Waals surface area contributed by atoms with Crippen LogP contribution in [0.1, 0.15) is 24.6 Å². The van der Waals surface area contributed by atoms with Gasteiger partial charge in [0.05, 0.1) is 19.3 Å². The van der Waals surface area contributed by atoms with Crippen molar-refractivity contribution in [2.45, 2.75) is 26.4 Å². The van der Waals surface area contributed by atoms with Gasteiger partial charge in [0.1, 0.15) is 0 Å². The van der Waals surface area contributed by atoms with Crippen LogP contribution in [-0.2, 0) is 13.1 Å². The van der Waals surface area contributed by atoms with Crippen molar-refractivity contribution in [1.82, 2.24) is 15.1 Å². The largest absolute Gasteiger partial charge is 0.494 e. The van der Waals surface area contributed by atoms with Crippen LogP contribution < -0.4 is 10.1 Å². The SMILES string of the molecule is CCCNCc1ccn(Cc2ccc(OC)c(F)c2)n1. The van der Waals surface area contributed by atoms with Crippen molar-refractivity contribution in [3.8, 4) is 5.75 Å². The summed E-state index contributed by atoms with van der Waals surface area (Å²) in [6.07, 6.45) is 3.01. The summed E-state index contributed by atoms with van der Waals surface area (Å²) < 4.78 is 20.3. The van der Waals surface area contributed by atoms with Crippen molar-refractivity contribution in [3.63, 3.8) is 0 Å². The van der Waals surface area contributed by atoms with Gasteiger partial charge in [-0.15, -0.1) is 0 Å². The number of halogens is 1. The molecule has 0 amide bonds. The van der Waals surface area contributed by atoms with Gasteiger partial charge in [0.15, 0.2) is 11.6 Å². The maximum atomic E-state index is 13.6. The zero-order valence-electron chi connectivity index (χ0n) is 11.9. The second-order valence-electron chi connectivity index (χ2n) is 4.65. The molecule has 0 saturated heterocycles. The summed E-state index contributed by atoms with van der Waals surface area (Å²) in [7, 11) is 1.46. The number of nitrogens with zero attached hydrogens (tertiary/aromatic N) is 2. The van der Waals surface area contributed by atoms with Crippen molar-refractivity contribution >= 4 is 0 Å². The fraction of sp³-hybridized carbons (Fsp3) is 0.400. The van der Waals surface area contributed by atoms with Gasteiger partial charge in [0, 0.05) is 12.7 Å². The average Bonchev–Trinajstić information content (AvgIpc) is 2.87. The molecule has 0 aliphatic carbocycles. The van der Waals surface area contributed by atoms with Crippen LogP contribution in [0.4, 0.5) is 4.39 Å². The highest BCUT2D eigenvalue weighted by molar-refractivity contribution is 5.29. The first kappa shape index (κ1) is 14.5. The molecule has 0 aliphatic rings. The van der Waals surface area contributed by atoms with E-state index in [-0.39, 0.29) is 11.6 Å². The third-order valence-electron chi connectivity index (χ3n) is 2.99. The van der Waals surface area contributed by atoms with E-state index in [0.717, 1.165) is 30.8 Å². The Morgan fingerprint density at radius 3 is 2.90 bits per heavy atom. The lowest BCUT2D eigenvalue weighted by Crippen LogP contribution is -2.14. The van der Waals surface area contributed by atoms with E-state index in [1.54, 1.807) is 6.07 Å². The first-order valence-corrected chi connectivity index (χ1v) is 6.78. The van der Waals surface area contributed by atoms with Crippen LogP contribution in [0.25, 0.3) is 0 Å². The molecule has 1 heterocycles. The summed E-state index contributed by atoms with van der Waals surface area (Å²) in [5, 5.41) is 7.75. The molecule has 0 saturated carbocycles. The second-order valence-corrected chi connectivity index (χ2v) is 4.65. The zero-order valence-corrected chi connectivity index (χ0v) is 11.9. The summed E-state index contributed by atoms with van der Waals surface area (Å²) in [5.74, 6) is -0.0827. The summed E-state index contributed by atoms with van der Waals surface area (Å²) in [5.41, 5.74) is 1.85. The van der Waals surface area contributed by atoms with Gasteiger partial charge >= 0.3 is 0 Å². The molecule has 2 aromatic rings. The molecule has 1 aromatic carbocycles. The molecule has 0 atom stereocenters. The highest BCUT2D eigenvalue weighted by Gasteiger charge is 2.05. The van der Waals surface area contributed by atoms with Gasteiger partial charge in [-0.05, 0) is 36.7 Å². The van der Waals surface area contributed by atoms with Crippen LogP contribution >= 0.6 is 0 Å². The van der Waals surface area contributed by atoms with Crippen molar-refractivity contribution < 1.29 is 9.13 Å². The second kappa shape index (κ2) is 7.05. The Morgan fingerprint density at radius 1 is 1.35 bits per heavy atom. The molecule has 0 spiro atoms. The fourth-order valence-corrected chi connectivity index (χ4v) is 1.97. The zero-order chi connectivity index (χ0) is 14.4. The Labute approximate surface area is 118 Å². The molecule has 0 radical (unpaired) electrons. The van der Waals surface area contributed by atoms with Gasteiger partial charge in [-0.1, -0.05) is 13.0 Å². The molecular formula is C15H20FN3O. The molecule has 1 N–H and O–H groups in total. The van der Waals surface area contributed by atoms with Crippen LogP contribution in [0, 0.1) is 5.82 Å². The summed E-state index contributed by atoms with van der Waals surface area (Å²) in [4.78, 5) is 0. The number of ether oxygens (including phenoxy) is 1. The first-order chi connectivity index (χ1) is 9.72. The van der Waals surface area contributed by atoms with Crippen LogP contribution in [0.15, 0.2) is 30.5 Å². The molecule has 4 nitrogen and oxygen atoms in total. The van der Waals surface area contributed by atoms with E-state index in [2.05, 4.69) is 17.3 Å². The third kappa shape index (κ3) is 3.81. The van der Waals surface area contributed by atoms with Gasteiger partial charge in [-0.25, -0.2) is 4.39 Å². The molecule has 5 heteroatoms. The number of methoxy groups -OCH3 is 1. The number of nitrogens with one attached hydrogen (secondary N) is 1. The molecule has 1 aromatic heterocycles. The standard InChI is InChI=1S/C15H20FN3O/c1-3-7-17-10-13-6-8-19(18-13)11-12-4-5-15(20-2)14(16)9-12/h4-6,8-9,17H,3,7,10-11H2,1-2H3. The van der Waals surface area contributed by atoms with Crippen LogP contribution in [0.2, 0.25) is 0 Å². The Hall–Kier alpha value is -1.88. The van der Waals surface area contributed by atoms with E-state index in [4.69, 9.17) is 4.74 Å². The van der Waals surface area contributed by atoms with Crippen LogP contribution in [-0.4, -0.2) is 23.4 Å². The topological polar surface area (TPSA) is 39.1 Å². The molecule has 0 fully saturated rings. The third-order valence-corrected chi connectivity index (χ3v) is 2.99. The van der Waals surface area contributed by atoms with Crippen molar-refractivity contribution in [2.75, 3.05) is 13.7 Å². The van der Waals surface area contributed by atoms with Gasteiger partial charge in [0.2, 0.25) is 0 Å². The number of benzene rings is 1. The lowest BCUT2D eigenvalue weighted by Gasteiger charge is -2.05. The van der Waals surface area contributed by atoms with Crippen LogP contribution in [0.3, 0.4) is 0 Å². The van der Waals surface area contributed by atoms with E-state index in [1.807, 2.05) is 23.0 Å². The predicted octanol–water partition coefficient (Wildman–Crippen LogP) is 2.58. The van der Waals surface area contributed by atoms with Crippen molar-refractivity contribution in [1.29, 1.82) is 0 Å². The lowest BCUT2D eigenvalue weighted by molar-refractivity contribution is 0.386.